The van der Waals surface area contributed by atoms with Crippen LogP contribution in [0.2, 0.25) is 0 Å². The maximum Gasteiger partial charge on any atom is 0.244 e. The minimum absolute atomic E-state index is 0.0626. The van der Waals surface area contributed by atoms with E-state index in [1.807, 2.05) is 74.5 Å². The number of nitrogens with zero attached hydrogens (tertiary/aromatic N) is 2. The molecule has 8 nitrogen and oxygen atoms in total. The molecule has 4 rings (SSSR count). The van der Waals surface area contributed by atoms with Crippen molar-refractivity contribution in [3.05, 3.63) is 95.1 Å². The number of amides is 2. The fourth-order valence-corrected chi connectivity index (χ4v) is 6.22. The number of aryl methyl sites for hydroxylation is 2. The van der Waals surface area contributed by atoms with Gasteiger partial charge in [-0.05, 0) is 73.2 Å². The van der Waals surface area contributed by atoms with Crippen molar-refractivity contribution in [2.45, 2.75) is 64.6 Å². The Hall–Kier alpha value is -3.85. The molecule has 1 N–H and O–H groups in total. The van der Waals surface area contributed by atoms with Crippen molar-refractivity contribution in [2.24, 2.45) is 0 Å². The fraction of sp³-hybridized carbons (Fsp3) is 0.394. The van der Waals surface area contributed by atoms with Crippen molar-refractivity contribution in [3.8, 4) is 5.75 Å². The molecule has 0 radical (unpaired) electrons. The number of rotatable bonds is 12. The van der Waals surface area contributed by atoms with Crippen molar-refractivity contribution < 1.29 is 22.7 Å². The summed E-state index contributed by atoms with van der Waals surface area (Å²) in [4.78, 5) is 29.7. The summed E-state index contributed by atoms with van der Waals surface area (Å²) in [5.74, 6) is -0.0779. The van der Waals surface area contributed by atoms with Gasteiger partial charge in [-0.25, -0.2) is 8.42 Å². The number of sulfonamides is 1. The Morgan fingerprint density at radius 2 is 1.62 bits per heavy atom. The third-order valence-electron chi connectivity index (χ3n) is 7.92. The van der Waals surface area contributed by atoms with Crippen molar-refractivity contribution in [3.63, 3.8) is 0 Å². The standard InChI is InChI=1S/C33H41N3O5S/c1-24-17-18-29(19-25(24)2)36(42(4,39)40)23-32(37)35(22-27-13-10-16-30(20-27)41-3)31(21-26-11-6-5-7-12-26)33(38)34-28-14-8-9-15-28/h5-7,10-13,16-20,28,31H,8-9,14-15,21-23H2,1-4H3,(H,34,38)/t31-/m0/s1. The predicted octanol–water partition coefficient (Wildman–Crippen LogP) is 4.78. The molecule has 1 atom stereocenters. The third-order valence-corrected chi connectivity index (χ3v) is 9.06. The largest absolute Gasteiger partial charge is 0.497 e. The normalized spacial score (nSPS) is 14.3. The van der Waals surface area contributed by atoms with Crippen LogP contribution in [0.1, 0.15) is 47.9 Å². The smallest absolute Gasteiger partial charge is 0.244 e. The predicted molar refractivity (Wildman–Crippen MR) is 166 cm³/mol. The Bertz CT molecular complexity index is 1490. The SMILES string of the molecule is COc1cccc(CN(C(=O)CN(c2ccc(C)c(C)c2)S(C)(=O)=O)[C@@H](Cc2ccccc2)C(=O)NC2CCCC2)c1. The molecular formula is C33H41N3O5S. The van der Waals surface area contributed by atoms with Crippen LogP contribution < -0.4 is 14.4 Å². The van der Waals surface area contributed by atoms with Crippen LogP contribution in [0.15, 0.2) is 72.8 Å². The molecule has 0 heterocycles. The lowest BCUT2D eigenvalue weighted by Gasteiger charge is -2.34. The molecule has 0 spiro atoms. The summed E-state index contributed by atoms with van der Waals surface area (Å²) in [7, 11) is -2.25. The molecular weight excluding hydrogens is 550 g/mol. The number of benzene rings is 3. The Labute approximate surface area is 249 Å². The van der Waals surface area contributed by atoms with Gasteiger partial charge in [-0.3, -0.25) is 13.9 Å². The Morgan fingerprint density at radius 1 is 0.929 bits per heavy atom. The number of anilines is 1. The summed E-state index contributed by atoms with van der Waals surface area (Å²) in [6.45, 7) is 3.52. The lowest BCUT2D eigenvalue weighted by Crippen LogP contribution is -2.54. The molecule has 3 aromatic rings. The highest BCUT2D eigenvalue weighted by molar-refractivity contribution is 7.92. The van der Waals surface area contributed by atoms with Gasteiger partial charge in [0.15, 0.2) is 0 Å². The number of carbonyl (C=O) groups is 2. The maximum atomic E-state index is 14.3. The van der Waals surface area contributed by atoms with Gasteiger partial charge in [0.2, 0.25) is 21.8 Å². The van der Waals surface area contributed by atoms with Crippen LogP contribution >= 0.6 is 0 Å². The van der Waals surface area contributed by atoms with E-state index >= 15 is 0 Å². The van der Waals surface area contributed by atoms with Crippen molar-refractivity contribution in [2.75, 3.05) is 24.2 Å². The first-order chi connectivity index (χ1) is 20.0. The first-order valence-corrected chi connectivity index (χ1v) is 16.2. The highest BCUT2D eigenvalue weighted by Gasteiger charge is 2.34. The second-order valence-corrected chi connectivity index (χ2v) is 13.0. The van der Waals surface area contributed by atoms with Crippen molar-refractivity contribution in [1.82, 2.24) is 10.2 Å². The molecule has 0 unspecified atom stereocenters. The highest BCUT2D eigenvalue weighted by atomic mass is 32.2. The van der Waals surface area contributed by atoms with Gasteiger partial charge in [0.05, 0.1) is 19.1 Å². The zero-order valence-corrected chi connectivity index (χ0v) is 25.7. The molecule has 1 fully saturated rings. The van der Waals surface area contributed by atoms with Gasteiger partial charge in [-0.1, -0.05) is 61.4 Å². The summed E-state index contributed by atoms with van der Waals surface area (Å²) in [6.07, 6.45) is 5.30. The van der Waals surface area contributed by atoms with E-state index in [0.29, 0.717) is 11.4 Å². The lowest BCUT2D eigenvalue weighted by atomic mass is 10.0. The topological polar surface area (TPSA) is 96.0 Å². The number of hydrogen-bond acceptors (Lipinski definition) is 5. The molecule has 1 aliphatic carbocycles. The second-order valence-electron chi connectivity index (χ2n) is 11.1. The minimum atomic E-state index is -3.82. The van der Waals surface area contributed by atoms with Crippen LogP contribution in [0.25, 0.3) is 0 Å². The Balaban J connectivity index is 1.74. The number of nitrogens with one attached hydrogen (secondary N) is 1. The van der Waals surface area contributed by atoms with E-state index in [1.165, 1.54) is 4.90 Å². The van der Waals surface area contributed by atoms with Gasteiger partial charge in [0.25, 0.3) is 0 Å². The molecule has 1 saturated carbocycles. The molecule has 1 aliphatic rings. The summed E-state index contributed by atoms with van der Waals surface area (Å²) in [5, 5.41) is 3.18. The number of hydrogen-bond donors (Lipinski definition) is 1. The molecule has 0 bridgehead atoms. The summed E-state index contributed by atoms with van der Waals surface area (Å²) < 4.78 is 32.6. The molecule has 224 valence electrons. The number of carbonyl (C=O) groups excluding carboxylic acids is 2. The lowest BCUT2D eigenvalue weighted by molar-refractivity contribution is -0.140. The van der Waals surface area contributed by atoms with Crippen LogP contribution in [-0.4, -0.2) is 57.1 Å². The van der Waals surface area contributed by atoms with Gasteiger partial charge in [0, 0.05) is 19.0 Å². The van der Waals surface area contributed by atoms with Gasteiger partial charge >= 0.3 is 0 Å². The monoisotopic (exact) mass is 591 g/mol. The molecule has 9 heteroatoms. The molecule has 0 aliphatic heterocycles. The van der Waals surface area contributed by atoms with Gasteiger partial charge in [-0.2, -0.15) is 0 Å². The van der Waals surface area contributed by atoms with E-state index in [-0.39, 0.29) is 24.9 Å². The molecule has 0 aromatic heterocycles. The molecule has 0 saturated heterocycles. The maximum absolute atomic E-state index is 14.3. The average molecular weight is 592 g/mol. The van der Waals surface area contributed by atoms with E-state index < -0.39 is 28.5 Å². The van der Waals surface area contributed by atoms with Crippen LogP contribution in [0.5, 0.6) is 5.75 Å². The fourth-order valence-electron chi connectivity index (χ4n) is 5.38. The van der Waals surface area contributed by atoms with Gasteiger partial charge in [0.1, 0.15) is 18.3 Å². The second kappa shape index (κ2) is 13.9. The zero-order chi connectivity index (χ0) is 30.3. The number of ether oxygens (including phenoxy) is 1. The quantitative estimate of drug-likeness (QED) is 0.327. The number of methoxy groups -OCH3 is 1. The first-order valence-electron chi connectivity index (χ1n) is 14.4. The van der Waals surface area contributed by atoms with Crippen molar-refractivity contribution >= 4 is 27.5 Å². The van der Waals surface area contributed by atoms with E-state index in [1.54, 1.807) is 19.2 Å². The highest BCUT2D eigenvalue weighted by Crippen LogP contribution is 2.24. The Kier molecular flexibility index (Phi) is 10.3. The van der Waals surface area contributed by atoms with Crippen molar-refractivity contribution in [1.29, 1.82) is 0 Å². The zero-order valence-electron chi connectivity index (χ0n) is 24.9. The van der Waals surface area contributed by atoms with Crippen LogP contribution in [0, 0.1) is 13.8 Å². The summed E-state index contributed by atoms with van der Waals surface area (Å²) >= 11 is 0. The molecule has 2 amide bonds. The molecule has 3 aromatic carbocycles. The Morgan fingerprint density at radius 3 is 2.26 bits per heavy atom. The first kappa shape index (κ1) is 31.1. The summed E-state index contributed by atoms with van der Waals surface area (Å²) in [5.41, 5.74) is 4.02. The van der Waals surface area contributed by atoms with Gasteiger partial charge < -0.3 is 15.0 Å². The van der Waals surface area contributed by atoms with E-state index in [2.05, 4.69) is 5.32 Å². The summed E-state index contributed by atoms with van der Waals surface area (Å²) in [6, 6.07) is 21.4. The van der Waals surface area contributed by atoms with E-state index in [9.17, 15) is 18.0 Å². The van der Waals surface area contributed by atoms with Crippen LogP contribution in [0.4, 0.5) is 5.69 Å². The molecule has 42 heavy (non-hydrogen) atoms. The van der Waals surface area contributed by atoms with E-state index in [4.69, 9.17) is 4.74 Å². The van der Waals surface area contributed by atoms with E-state index in [0.717, 1.165) is 58.5 Å². The van der Waals surface area contributed by atoms with Crippen LogP contribution in [0.3, 0.4) is 0 Å². The average Bonchev–Trinajstić information content (AvgIpc) is 3.48. The van der Waals surface area contributed by atoms with Gasteiger partial charge in [-0.15, -0.1) is 0 Å². The third kappa shape index (κ3) is 8.12. The minimum Gasteiger partial charge on any atom is -0.497 e. The van der Waals surface area contributed by atoms with Crippen LogP contribution in [-0.2, 0) is 32.6 Å².